The van der Waals surface area contributed by atoms with Crippen LogP contribution in [0.4, 0.5) is 0 Å². The van der Waals surface area contributed by atoms with Gasteiger partial charge in [0.25, 0.3) is 0 Å². The van der Waals surface area contributed by atoms with Gasteiger partial charge < -0.3 is 33.8 Å². The lowest BCUT2D eigenvalue weighted by Crippen LogP contribution is -2.30. The first kappa shape index (κ1) is 104. The number of aliphatic hydroxyl groups is 1. The summed E-state index contributed by atoms with van der Waals surface area (Å²) in [5, 5.41) is 10.7. The Morgan fingerprint density at radius 3 is 0.670 bits per heavy atom. The van der Waals surface area contributed by atoms with E-state index < -0.39 is 97.5 Å². The zero-order valence-corrected chi connectivity index (χ0v) is 71.9. The average Bonchev–Trinajstić information content (AvgIpc) is 0.902. The minimum Gasteiger partial charge on any atom is -0.462 e. The van der Waals surface area contributed by atoms with Gasteiger partial charge >= 0.3 is 39.5 Å². The molecule has 0 aromatic carbocycles. The van der Waals surface area contributed by atoms with Crippen LogP contribution in [0.1, 0.15) is 453 Å². The smallest absolute Gasteiger partial charge is 0.462 e. The summed E-state index contributed by atoms with van der Waals surface area (Å²) >= 11 is 0. The molecule has 0 heterocycles. The van der Waals surface area contributed by atoms with E-state index in [9.17, 15) is 43.2 Å². The van der Waals surface area contributed by atoms with E-state index >= 15 is 0 Å². The molecule has 0 amide bonds. The number of carbonyl (C=O) groups is 4. The second-order valence-electron chi connectivity index (χ2n) is 32.7. The average molecular weight is 1550 g/mol. The second-order valence-corrected chi connectivity index (χ2v) is 35.6. The van der Waals surface area contributed by atoms with Crippen molar-refractivity contribution in [2.24, 2.45) is 23.7 Å². The quantitative estimate of drug-likeness (QED) is 0.0222. The SMILES string of the molecule is CCC(C)CCCCCCCCCCCCCCCCCCCCC(=O)O[C@H](COC(=O)CCCCCCCCCCCCCCCCCC(C)C)COP(=O)(O)OC[C@@H](O)COP(=O)(O)OC[C@@H](COC(=O)CCCCCCCCC(C)CC)OC(=O)CCCCCCCCCCCCCCCC(C)C. The Morgan fingerprint density at radius 2 is 0.453 bits per heavy atom. The Kier molecular flexibility index (Phi) is 74.3. The highest BCUT2D eigenvalue weighted by Crippen LogP contribution is 2.45. The van der Waals surface area contributed by atoms with E-state index in [1.807, 2.05) is 0 Å². The van der Waals surface area contributed by atoms with Crippen molar-refractivity contribution >= 4 is 39.5 Å². The molecule has 0 aliphatic rings. The number of phosphoric acid groups is 2. The number of hydrogen-bond acceptors (Lipinski definition) is 15. The molecule has 4 unspecified atom stereocenters. The van der Waals surface area contributed by atoms with Gasteiger partial charge in [-0.25, -0.2) is 9.13 Å². The lowest BCUT2D eigenvalue weighted by atomic mass is 9.99. The monoisotopic (exact) mass is 1550 g/mol. The fourth-order valence-electron chi connectivity index (χ4n) is 13.4. The molecule has 0 aliphatic carbocycles. The van der Waals surface area contributed by atoms with Crippen LogP contribution in [0.25, 0.3) is 0 Å². The Morgan fingerprint density at radius 1 is 0.264 bits per heavy atom. The number of rotatable bonds is 84. The van der Waals surface area contributed by atoms with Crippen LogP contribution in [-0.2, 0) is 65.4 Å². The predicted molar refractivity (Wildman–Crippen MR) is 437 cm³/mol. The van der Waals surface area contributed by atoms with Crippen LogP contribution < -0.4 is 0 Å². The number of unbranched alkanes of at least 4 members (excludes halogenated alkanes) is 48. The first-order valence-electron chi connectivity index (χ1n) is 44.8. The van der Waals surface area contributed by atoms with Crippen LogP contribution in [0.5, 0.6) is 0 Å². The van der Waals surface area contributed by atoms with E-state index in [0.29, 0.717) is 25.7 Å². The van der Waals surface area contributed by atoms with Crippen LogP contribution in [0.2, 0.25) is 0 Å². The summed E-state index contributed by atoms with van der Waals surface area (Å²) in [6.45, 7) is 14.4. The van der Waals surface area contributed by atoms with Gasteiger partial charge in [-0.2, -0.15) is 0 Å². The van der Waals surface area contributed by atoms with Crippen LogP contribution >= 0.6 is 15.6 Å². The highest BCUT2D eigenvalue weighted by molar-refractivity contribution is 7.47. The Labute approximate surface area is 651 Å². The lowest BCUT2D eigenvalue weighted by molar-refractivity contribution is -0.161. The van der Waals surface area contributed by atoms with Crippen molar-refractivity contribution in [3.05, 3.63) is 0 Å². The van der Waals surface area contributed by atoms with Gasteiger partial charge in [0.1, 0.15) is 19.3 Å². The van der Waals surface area contributed by atoms with Gasteiger partial charge in [-0.3, -0.25) is 37.3 Å². The van der Waals surface area contributed by atoms with Crippen molar-refractivity contribution in [2.45, 2.75) is 472 Å². The summed E-state index contributed by atoms with van der Waals surface area (Å²) in [6.07, 6.45) is 65.3. The molecule has 0 saturated carbocycles. The molecule has 17 nitrogen and oxygen atoms in total. The van der Waals surface area contributed by atoms with Gasteiger partial charge in [-0.15, -0.1) is 0 Å². The second kappa shape index (κ2) is 75.7. The van der Waals surface area contributed by atoms with Gasteiger partial charge in [0, 0.05) is 25.7 Å². The van der Waals surface area contributed by atoms with E-state index in [1.54, 1.807) is 0 Å². The minimum absolute atomic E-state index is 0.106. The molecule has 3 N–H and O–H groups in total. The van der Waals surface area contributed by atoms with Crippen LogP contribution in [0.3, 0.4) is 0 Å². The van der Waals surface area contributed by atoms with E-state index in [0.717, 1.165) is 120 Å². The Bertz CT molecular complexity index is 2060. The maximum Gasteiger partial charge on any atom is 0.472 e. The molecule has 0 aromatic heterocycles. The summed E-state index contributed by atoms with van der Waals surface area (Å²) in [7, 11) is -9.93. The summed E-state index contributed by atoms with van der Waals surface area (Å²) in [6, 6.07) is 0. The maximum atomic E-state index is 13.2. The molecule has 630 valence electrons. The number of ether oxygens (including phenoxy) is 4. The summed E-state index contributed by atoms with van der Waals surface area (Å²) < 4.78 is 68.9. The zero-order valence-electron chi connectivity index (χ0n) is 70.1. The third-order valence-corrected chi connectivity index (χ3v) is 22.9. The first-order chi connectivity index (χ1) is 51.2. The van der Waals surface area contributed by atoms with Gasteiger partial charge in [-0.1, -0.05) is 402 Å². The molecule has 106 heavy (non-hydrogen) atoms. The lowest BCUT2D eigenvalue weighted by Gasteiger charge is -2.21. The summed E-state index contributed by atoms with van der Waals surface area (Å²) in [4.78, 5) is 73.2. The largest absolute Gasteiger partial charge is 0.472 e. The number of carbonyl (C=O) groups excluding carboxylic acids is 4. The summed E-state index contributed by atoms with van der Waals surface area (Å²) in [5.41, 5.74) is 0. The molecular formula is C87H170O17P2. The maximum absolute atomic E-state index is 13.2. The third kappa shape index (κ3) is 77.4. The molecule has 0 saturated heterocycles. The molecule has 0 spiro atoms. The highest BCUT2D eigenvalue weighted by Gasteiger charge is 2.31. The zero-order chi connectivity index (χ0) is 78.1. The van der Waals surface area contributed by atoms with Crippen molar-refractivity contribution in [1.82, 2.24) is 0 Å². The van der Waals surface area contributed by atoms with Gasteiger partial charge in [-0.05, 0) is 49.4 Å². The minimum atomic E-state index is -4.97. The number of esters is 4. The van der Waals surface area contributed by atoms with Gasteiger partial charge in [0.2, 0.25) is 0 Å². The fraction of sp³-hybridized carbons (Fsp3) is 0.954. The van der Waals surface area contributed by atoms with Crippen molar-refractivity contribution < 1.29 is 80.2 Å². The standard InChI is InChI=1S/C87H170O17P2/c1-9-79(7)65-57-49-41-35-29-23-17-13-11-12-14-18-25-31-37-43-53-61-69-86(91)103-82(73-97-84(89)67-59-51-42-36-30-24-19-15-16-21-27-33-39-47-55-63-77(3)4)75-101-105(93,94)99-71-81(88)72-100-106(95,96)102-76-83(74-98-85(90)68-60-52-46-45-50-58-66-80(8)10-2)104-87(92)70-62-54-44-38-32-26-20-22-28-34-40-48-56-64-78(5)6/h77-83,88H,9-76H2,1-8H3,(H,93,94)(H,95,96)/t79?,80?,81-,82-,83-/m1/s1. The first-order valence-corrected chi connectivity index (χ1v) is 47.8. The molecule has 0 bridgehead atoms. The topological polar surface area (TPSA) is 237 Å². The van der Waals surface area contributed by atoms with Crippen molar-refractivity contribution in [3.8, 4) is 0 Å². The molecule has 19 heteroatoms. The number of hydrogen-bond donors (Lipinski definition) is 3. The molecule has 0 rings (SSSR count). The van der Waals surface area contributed by atoms with E-state index in [4.69, 9.17) is 37.0 Å². The van der Waals surface area contributed by atoms with Crippen LogP contribution in [-0.4, -0.2) is 96.7 Å². The van der Waals surface area contributed by atoms with E-state index in [-0.39, 0.29) is 25.7 Å². The normalized spacial score (nSPS) is 14.4. The number of phosphoric ester groups is 2. The third-order valence-electron chi connectivity index (χ3n) is 21.0. The molecule has 0 radical (unpaired) electrons. The molecule has 0 fully saturated rings. The highest BCUT2D eigenvalue weighted by atomic mass is 31.2. The molecule has 0 aromatic rings. The van der Waals surface area contributed by atoms with E-state index in [2.05, 4.69) is 55.4 Å². The Hall–Kier alpha value is -1.94. The molecule has 7 atom stereocenters. The van der Waals surface area contributed by atoms with Gasteiger partial charge in [0.05, 0.1) is 26.4 Å². The fourth-order valence-corrected chi connectivity index (χ4v) is 15.0. The predicted octanol–water partition coefficient (Wildman–Crippen LogP) is 26.3. The van der Waals surface area contributed by atoms with Gasteiger partial charge in [0.15, 0.2) is 12.2 Å². The summed E-state index contributed by atoms with van der Waals surface area (Å²) in [5.74, 6) is 1.09. The Balaban J connectivity index is 5.23. The van der Waals surface area contributed by atoms with Crippen molar-refractivity contribution in [2.75, 3.05) is 39.6 Å². The van der Waals surface area contributed by atoms with Crippen molar-refractivity contribution in [1.29, 1.82) is 0 Å². The van der Waals surface area contributed by atoms with Crippen molar-refractivity contribution in [3.63, 3.8) is 0 Å². The van der Waals surface area contributed by atoms with Crippen LogP contribution in [0.15, 0.2) is 0 Å². The molecular weight excluding hydrogens is 1380 g/mol. The van der Waals surface area contributed by atoms with E-state index in [1.165, 1.54) is 250 Å². The number of aliphatic hydroxyl groups excluding tert-OH is 1. The van der Waals surface area contributed by atoms with Crippen LogP contribution in [0, 0.1) is 23.7 Å². The molecule has 0 aliphatic heterocycles.